The number of fused-ring (bicyclic) bond motifs is 1. The molecular weight excluding hydrogens is 479 g/mol. The van der Waals surface area contributed by atoms with Crippen molar-refractivity contribution in [3.8, 4) is 5.75 Å². The van der Waals surface area contributed by atoms with Crippen LogP contribution in [0.2, 0.25) is 0 Å². The molecule has 0 aliphatic carbocycles. The van der Waals surface area contributed by atoms with Crippen molar-refractivity contribution >= 4 is 22.6 Å². The number of nitrogens with zero attached hydrogens (tertiary/aromatic N) is 1. The zero-order valence-corrected chi connectivity index (χ0v) is 22.0. The molecule has 4 aromatic carbocycles. The molecule has 0 fully saturated rings. The first-order valence-corrected chi connectivity index (χ1v) is 12.7. The summed E-state index contributed by atoms with van der Waals surface area (Å²) >= 11 is 0. The van der Waals surface area contributed by atoms with Gasteiger partial charge in [-0.15, -0.1) is 0 Å². The quantitative estimate of drug-likeness (QED) is 0.303. The second-order valence-electron chi connectivity index (χ2n) is 10.4. The van der Waals surface area contributed by atoms with Crippen LogP contribution in [-0.2, 0) is 22.6 Å². The summed E-state index contributed by atoms with van der Waals surface area (Å²) in [5, 5.41) is 4.94. The number of ether oxygens (including phenoxy) is 1. The molecule has 0 radical (unpaired) electrons. The van der Waals surface area contributed by atoms with E-state index in [4.69, 9.17) is 4.74 Å². The van der Waals surface area contributed by atoms with E-state index in [-0.39, 0.29) is 30.8 Å². The number of amides is 2. The molecule has 5 nitrogen and oxygen atoms in total. The van der Waals surface area contributed by atoms with Crippen molar-refractivity contribution < 1.29 is 18.7 Å². The van der Waals surface area contributed by atoms with Gasteiger partial charge in [-0.05, 0) is 55.5 Å². The van der Waals surface area contributed by atoms with Crippen molar-refractivity contribution in [2.45, 2.75) is 45.3 Å². The van der Waals surface area contributed by atoms with Crippen LogP contribution < -0.4 is 10.1 Å². The lowest BCUT2D eigenvalue weighted by Crippen LogP contribution is -2.55. The molecule has 4 aromatic rings. The Balaban J connectivity index is 1.65. The number of halogens is 1. The molecule has 0 saturated carbocycles. The van der Waals surface area contributed by atoms with Gasteiger partial charge in [-0.2, -0.15) is 0 Å². The number of carbonyl (C=O) groups is 2. The largest absolute Gasteiger partial charge is 0.483 e. The second-order valence-corrected chi connectivity index (χ2v) is 10.4. The van der Waals surface area contributed by atoms with E-state index in [2.05, 4.69) is 5.32 Å². The molecule has 0 saturated heterocycles. The smallest absolute Gasteiger partial charge is 0.261 e. The predicted molar refractivity (Wildman–Crippen MR) is 148 cm³/mol. The Hall–Kier alpha value is -4.19. The number of hydrogen-bond donors (Lipinski definition) is 1. The molecule has 38 heavy (non-hydrogen) atoms. The van der Waals surface area contributed by atoms with Crippen LogP contribution in [0.1, 0.15) is 31.9 Å². The van der Waals surface area contributed by atoms with Crippen molar-refractivity contribution in [1.29, 1.82) is 0 Å². The van der Waals surface area contributed by atoms with E-state index in [1.54, 1.807) is 12.1 Å². The fourth-order valence-electron chi connectivity index (χ4n) is 4.34. The lowest BCUT2D eigenvalue weighted by molar-refractivity contribution is -0.143. The highest BCUT2D eigenvalue weighted by atomic mass is 19.1. The third-order valence-electron chi connectivity index (χ3n) is 6.14. The number of nitrogens with one attached hydrogen (secondary N) is 1. The van der Waals surface area contributed by atoms with E-state index in [0.29, 0.717) is 17.7 Å². The number of carbonyl (C=O) groups excluding carboxylic acids is 2. The minimum absolute atomic E-state index is 0.132. The zero-order chi connectivity index (χ0) is 27.1. The van der Waals surface area contributed by atoms with Gasteiger partial charge < -0.3 is 15.0 Å². The van der Waals surface area contributed by atoms with Gasteiger partial charge >= 0.3 is 0 Å². The Morgan fingerprint density at radius 3 is 2.21 bits per heavy atom. The van der Waals surface area contributed by atoms with Crippen molar-refractivity contribution in [3.05, 3.63) is 114 Å². The summed E-state index contributed by atoms with van der Waals surface area (Å²) in [4.78, 5) is 28.9. The van der Waals surface area contributed by atoms with Crippen LogP contribution in [0.4, 0.5) is 4.39 Å². The molecule has 0 heterocycles. The van der Waals surface area contributed by atoms with Gasteiger partial charge in [-0.25, -0.2) is 4.39 Å². The van der Waals surface area contributed by atoms with Gasteiger partial charge in [0.25, 0.3) is 5.91 Å². The Kier molecular flexibility index (Phi) is 8.41. The van der Waals surface area contributed by atoms with Crippen LogP contribution in [0.3, 0.4) is 0 Å². The molecule has 1 atom stereocenters. The minimum Gasteiger partial charge on any atom is -0.483 e. The fourth-order valence-corrected chi connectivity index (χ4v) is 4.34. The summed E-state index contributed by atoms with van der Waals surface area (Å²) in [6.07, 6.45) is 0.323. The summed E-state index contributed by atoms with van der Waals surface area (Å²) < 4.78 is 19.6. The molecule has 1 N–H and O–H groups in total. The third kappa shape index (κ3) is 7.19. The molecule has 0 unspecified atom stereocenters. The molecule has 4 rings (SSSR count). The van der Waals surface area contributed by atoms with E-state index < -0.39 is 11.6 Å². The lowest BCUT2D eigenvalue weighted by Gasteiger charge is -2.33. The number of benzene rings is 4. The average molecular weight is 513 g/mol. The van der Waals surface area contributed by atoms with Crippen molar-refractivity contribution in [1.82, 2.24) is 10.2 Å². The fraction of sp³-hybridized carbons (Fsp3) is 0.250. The maximum Gasteiger partial charge on any atom is 0.261 e. The number of rotatable bonds is 9. The topological polar surface area (TPSA) is 58.6 Å². The van der Waals surface area contributed by atoms with Crippen LogP contribution in [0.5, 0.6) is 5.75 Å². The lowest BCUT2D eigenvalue weighted by atomic mass is 10.0. The van der Waals surface area contributed by atoms with Crippen LogP contribution in [-0.4, -0.2) is 34.9 Å². The van der Waals surface area contributed by atoms with Crippen LogP contribution in [0.25, 0.3) is 10.8 Å². The molecule has 196 valence electrons. The minimum atomic E-state index is -0.801. The van der Waals surface area contributed by atoms with E-state index in [0.717, 1.165) is 16.3 Å². The molecule has 0 spiro atoms. The average Bonchev–Trinajstić information content (AvgIpc) is 2.90. The van der Waals surface area contributed by atoms with E-state index in [1.165, 1.54) is 17.0 Å². The highest BCUT2D eigenvalue weighted by molar-refractivity contribution is 5.90. The summed E-state index contributed by atoms with van der Waals surface area (Å²) in [7, 11) is 0. The van der Waals surface area contributed by atoms with Gasteiger partial charge in [0.15, 0.2) is 6.61 Å². The van der Waals surface area contributed by atoms with E-state index in [1.807, 2.05) is 93.6 Å². The van der Waals surface area contributed by atoms with Crippen LogP contribution in [0.15, 0.2) is 97.1 Å². The molecule has 0 bridgehead atoms. The third-order valence-corrected chi connectivity index (χ3v) is 6.14. The Morgan fingerprint density at radius 2 is 1.50 bits per heavy atom. The summed E-state index contributed by atoms with van der Waals surface area (Å²) in [6, 6.07) is 28.2. The van der Waals surface area contributed by atoms with Crippen molar-refractivity contribution in [2.75, 3.05) is 6.61 Å². The van der Waals surface area contributed by atoms with Gasteiger partial charge in [0.2, 0.25) is 5.91 Å². The monoisotopic (exact) mass is 512 g/mol. The van der Waals surface area contributed by atoms with Crippen molar-refractivity contribution in [2.24, 2.45) is 0 Å². The van der Waals surface area contributed by atoms with E-state index in [9.17, 15) is 14.0 Å². The maximum absolute atomic E-state index is 13.8. The maximum atomic E-state index is 13.8. The first-order chi connectivity index (χ1) is 18.2. The van der Waals surface area contributed by atoms with Gasteiger partial charge in [0.05, 0.1) is 0 Å². The molecular formula is C32H33FN2O3. The molecule has 2 amide bonds. The second kappa shape index (κ2) is 11.9. The molecule has 0 aliphatic rings. The standard InChI is InChI=1S/C32H33FN2O3/c1-32(2,3)34-31(37)28(20-23-10-5-4-6-11-23)35(21-24-16-18-26(33)19-17-24)30(36)22-38-29-15-9-13-25-12-7-8-14-27(25)29/h4-19,28H,20-22H2,1-3H3,(H,34,37)/t28-/m0/s1. The SMILES string of the molecule is CC(C)(C)NC(=O)[C@H](Cc1ccccc1)N(Cc1ccc(F)cc1)C(=O)COc1cccc2ccccc12. The van der Waals surface area contributed by atoms with Crippen LogP contribution in [0, 0.1) is 5.82 Å². The normalized spacial score (nSPS) is 12.1. The number of hydrogen-bond acceptors (Lipinski definition) is 3. The van der Waals surface area contributed by atoms with Gasteiger partial charge in [-0.3, -0.25) is 9.59 Å². The van der Waals surface area contributed by atoms with Gasteiger partial charge in [0, 0.05) is 23.9 Å². The highest BCUT2D eigenvalue weighted by Crippen LogP contribution is 2.25. The summed E-state index contributed by atoms with van der Waals surface area (Å²) in [5.41, 5.74) is 1.15. The molecule has 0 aromatic heterocycles. The first-order valence-electron chi connectivity index (χ1n) is 12.7. The zero-order valence-electron chi connectivity index (χ0n) is 22.0. The molecule has 6 heteroatoms. The first kappa shape index (κ1) is 26.9. The molecule has 0 aliphatic heterocycles. The summed E-state index contributed by atoms with van der Waals surface area (Å²) in [6.45, 7) is 5.59. The van der Waals surface area contributed by atoms with Gasteiger partial charge in [0.1, 0.15) is 17.6 Å². The predicted octanol–water partition coefficient (Wildman–Crippen LogP) is 5.91. The Bertz CT molecular complexity index is 1380. The van der Waals surface area contributed by atoms with Crippen LogP contribution >= 0.6 is 0 Å². The van der Waals surface area contributed by atoms with E-state index >= 15 is 0 Å². The Morgan fingerprint density at radius 1 is 0.842 bits per heavy atom. The highest BCUT2D eigenvalue weighted by Gasteiger charge is 2.32. The Labute approximate surface area is 223 Å². The van der Waals surface area contributed by atoms with Crippen molar-refractivity contribution in [3.63, 3.8) is 0 Å². The van der Waals surface area contributed by atoms with Gasteiger partial charge in [-0.1, -0.05) is 78.9 Å². The summed E-state index contributed by atoms with van der Waals surface area (Å²) in [5.74, 6) is -0.372.